The van der Waals surface area contributed by atoms with Gasteiger partial charge in [0.2, 0.25) is 5.95 Å². The Labute approximate surface area is 138 Å². The van der Waals surface area contributed by atoms with E-state index in [2.05, 4.69) is 15.3 Å². The Morgan fingerprint density at radius 1 is 1.33 bits per heavy atom. The minimum atomic E-state index is -1.02. The zero-order valence-electron chi connectivity index (χ0n) is 13.7. The second kappa shape index (κ2) is 6.78. The summed E-state index contributed by atoms with van der Waals surface area (Å²) in [5.74, 6) is 0.441. The molecule has 0 saturated heterocycles. The van der Waals surface area contributed by atoms with Crippen LogP contribution in [0.3, 0.4) is 0 Å². The molecule has 0 aliphatic heterocycles. The fraction of sp³-hybridized carbons (Fsp3) is 0.667. The summed E-state index contributed by atoms with van der Waals surface area (Å²) in [6, 6.07) is 0.247. The summed E-state index contributed by atoms with van der Waals surface area (Å²) in [6.45, 7) is -0.407. The van der Waals surface area contributed by atoms with Crippen LogP contribution in [0.4, 0.5) is 5.95 Å². The second-order valence-electron chi connectivity index (χ2n) is 6.35. The number of aliphatic hydroxyl groups excluding tert-OH is 2. The molecule has 24 heavy (non-hydrogen) atoms. The quantitative estimate of drug-likeness (QED) is 0.584. The standard InChI is InChI=1S/C15H23N5O4/c1-19-12-11(13(23)18-15(19)24)20(7-10(22)8-21)14(17-12)16-9-5-3-2-4-6-9/h9-10,21-22H,2-8H2,1H3,(H,16,17)(H,18,23,24)/t10-/m0/s1. The zero-order chi connectivity index (χ0) is 17.3. The summed E-state index contributed by atoms with van der Waals surface area (Å²) in [6.07, 6.45) is 4.49. The smallest absolute Gasteiger partial charge is 0.329 e. The van der Waals surface area contributed by atoms with Crippen LogP contribution in [0, 0.1) is 0 Å². The van der Waals surface area contributed by atoms with Crippen molar-refractivity contribution in [1.29, 1.82) is 0 Å². The molecule has 2 aromatic rings. The predicted octanol–water partition coefficient (Wildman–Crippen LogP) is -0.479. The number of nitrogens with zero attached hydrogens (tertiary/aromatic N) is 3. The van der Waals surface area contributed by atoms with E-state index in [-0.39, 0.29) is 23.8 Å². The second-order valence-corrected chi connectivity index (χ2v) is 6.35. The lowest BCUT2D eigenvalue weighted by Crippen LogP contribution is -2.31. The summed E-state index contributed by atoms with van der Waals surface area (Å²) in [4.78, 5) is 30.7. The molecule has 3 rings (SSSR count). The van der Waals surface area contributed by atoms with Gasteiger partial charge in [-0.25, -0.2) is 4.79 Å². The summed E-state index contributed by atoms with van der Waals surface area (Å²) < 4.78 is 2.81. The number of nitrogens with one attached hydrogen (secondary N) is 2. The molecule has 0 unspecified atom stereocenters. The first-order valence-electron chi connectivity index (χ1n) is 8.26. The number of H-pyrrole nitrogens is 1. The van der Waals surface area contributed by atoms with Crippen molar-refractivity contribution in [3.05, 3.63) is 20.8 Å². The van der Waals surface area contributed by atoms with Crippen molar-refractivity contribution in [2.75, 3.05) is 11.9 Å². The van der Waals surface area contributed by atoms with Gasteiger partial charge in [0, 0.05) is 13.1 Å². The van der Waals surface area contributed by atoms with E-state index < -0.39 is 24.0 Å². The Kier molecular flexibility index (Phi) is 4.72. The molecular formula is C15H23N5O4. The maximum atomic E-state index is 12.2. The van der Waals surface area contributed by atoms with Crippen LogP contribution in [0.25, 0.3) is 11.2 Å². The number of aromatic nitrogens is 4. The molecule has 0 bridgehead atoms. The van der Waals surface area contributed by atoms with E-state index in [0.717, 1.165) is 25.7 Å². The minimum Gasteiger partial charge on any atom is -0.394 e. The molecule has 0 spiro atoms. The maximum absolute atomic E-state index is 12.2. The number of anilines is 1. The molecule has 2 aromatic heterocycles. The van der Waals surface area contributed by atoms with E-state index in [1.165, 1.54) is 18.0 Å². The summed E-state index contributed by atoms with van der Waals surface area (Å²) >= 11 is 0. The van der Waals surface area contributed by atoms with Crippen molar-refractivity contribution in [2.45, 2.75) is 50.8 Å². The van der Waals surface area contributed by atoms with Crippen LogP contribution in [0.1, 0.15) is 32.1 Å². The number of hydrogen-bond donors (Lipinski definition) is 4. The number of hydrogen-bond acceptors (Lipinski definition) is 6. The summed E-state index contributed by atoms with van der Waals surface area (Å²) in [5.41, 5.74) is -0.624. The highest BCUT2D eigenvalue weighted by Crippen LogP contribution is 2.23. The topological polar surface area (TPSA) is 125 Å². The average Bonchev–Trinajstić information content (AvgIpc) is 2.92. The highest BCUT2D eigenvalue weighted by atomic mass is 16.3. The molecule has 1 saturated carbocycles. The van der Waals surface area contributed by atoms with Crippen molar-refractivity contribution in [3.8, 4) is 0 Å². The average molecular weight is 337 g/mol. The Morgan fingerprint density at radius 2 is 2.04 bits per heavy atom. The van der Waals surface area contributed by atoms with Gasteiger partial charge in [0.15, 0.2) is 11.2 Å². The van der Waals surface area contributed by atoms with Crippen molar-refractivity contribution < 1.29 is 10.2 Å². The normalized spacial score (nSPS) is 17.3. The number of aromatic amines is 1. The van der Waals surface area contributed by atoms with Crippen LogP contribution < -0.4 is 16.6 Å². The monoisotopic (exact) mass is 337 g/mol. The van der Waals surface area contributed by atoms with E-state index in [4.69, 9.17) is 5.11 Å². The maximum Gasteiger partial charge on any atom is 0.329 e. The molecule has 0 aromatic carbocycles. The van der Waals surface area contributed by atoms with Crippen LogP contribution >= 0.6 is 0 Å². The van der Waals surface area contributed by atoms with E-state index >= 15 is 0 Å². The SMILES string of the molecule is Cn1c(=O)[nH]c(=O)c2c1nc(NC1CCCCC1)n2C[C@H](O)CO. The molecular weight excluding hydrogens is 314 g/mol. The van der Waals surface area contributed by atoms with Crippen molar-refractivity contribution in [2.24, 2.45) is 7.05 Å². The fourth-order valence-electron chi connectivity index (χ4n) is 3.22. The zero-order valence-corrected chi connectivity index (χ0v) is 13.7. The first kappa shape index (κ1) is 16.7. The summed E-state index contributed by atoms with van der Waals surface area (Å²) in [7, 11) is 1.53. The van der Waals surface area contributed by atoms with Crippen LogP contribution in [-0.2, 0) is 13.6 Å². The van der Waals surface area contributed by atoms with Crippen LogP contribution in [0.2, 0.25) is 0 Å². The Bertz CT molecular complexity index is 831. The van der Waals surface area contributed by atoms with E-state index in [1.54, 1.807) is 4.57 Å². The number of imidazole rings is 1. The number of rotatable bonds is 5. The van der Waals surface area contributed by atoms with Crippen LogP contribution in [-0.4, -0.2) is 48.1 Å². The van der Waals surface area contributed by atoms with Gasteiger partial charge in [-0.05, 0) is 12.8 Å². The molecule has 9 nitrogen and oxygen atoms in total. The summed E-state index contributed by atoms with van der Waals surface area (Å²) in [5, 5.41) is 22.3. The van der Waals surface area contributed by atoms with Gasteiger partial charge in [0.25, 0.3) is 5.56 Å². The van der Waals surface area contributed by atoms with Crippen molar-refractivity contribution >= 4 is 17.1 Å². The minimum absolute atomic E-state index is 0.0172. The molecule has 1 aliphatic rings. The third-order valence-electron chi connectivity index (χ3n) is 4.55. The number of aryl methyl sites for hydroxylation is 1. The molecule has 0 amide bonds. The van der Waals surface area contributed by atoms with Gasteiger partial charge in [-0.3, -0.25) is 14.3 Å². The number of fused-ring (bicyclic) bond motifs is 1. The lowest BCUT2D eigenvalue weighted by Gasteiger charge is -2.24. The van der Waals surface area contributed by atoms with Gasteiger partial charge in [0.05, 0.1) is 19.3 Å². The Balaban J connectivity index is 2.10. The van der Waals surface area contributed by atoms with Gasteiger partial charge < -0.3 is 20.1 Å². The lowest BCUT2D eigenvalue weighted by molar-refractivity contribution is 0.0824. The highest BCUT2D eigenvalue weighted by Gasteiger charge is 2.22. The van der Waals surface area contributed by atoms with Gasteiger partial charge in [-0.1, -0.05) is 19.3 Å². The molecule has 9 heteroatoms. The Morgan fingerprint density at radius 3 is 2.71 bits per heavy atom. The first-order chi connectivity index (χ1) is 11.5. The molecule has 0 radical (unpaired) electrons. The van der Waals surface area contributed by atoms with E-state index in [1.807, 2.05) is 0 Å². The Hall–Kier alpha value is -2.13. The van der Waals surface area contributed by atoms with Gasteiger partial charge in [0.1, 0.15) is 0 Å². The van der Waals surface area contributed by atoms with Gasteiger partial charge >= 0.3 is 5.69 Å². The third-order valence-corrected chi connectivity index (χ3v) is 4.55. The van der Waals surface area contributed by atoms with E-state index in [0.29, 0.717) is 5.95 Å². The van der Waals surface area contributed by atoms with Crippen LogP contribution in [0.15, 0.2) is 9.59 Å². The molecule has 1 aliphatic carbocycles. The van der Waals surface area contributed by atoms with E-state index in [9.17, 15) is 14.7 Å². The largest absolute Gasteiger partial charge is 0.394 e. The molecule has 4 N–H and O–H groups in total. The third kappa shape index (κ3) is 3.09. The number of aliphatic hydroxyl groups is 2. The molecule has 1 fully saturated rings. The van der Waals surface area contributed by atoms with Crippen molar-refractivity contribution in [3.63, 3.8) is 0 Å². The first-order valence-corrected chi connectivity index (χ1v) is 8.26. The van der Waals surface area contributed by atoms with Crippen molar-refractivity contribution in [1.82, 2.24) is 19.1 Å². The van der Waals surface area contributed by atoms with Gasteiger partial charge in [-0.2, -0.15) is 4.98 Å². The molecule has 2 heterocycles. The van der Waals surface area contributed by atoms with Gasteiger partial charge in [-0.15, -0.1) is 0 Å². The van der Waals surface area contributed by atoms with Crippen LogP contribution in [0.5, 0.6) is 0 Å². The predicted molar refractivity (Wildman–Crippen MR) is 89.2 cm³/mol. The fourth-order valence-corrected chi connectivity index (χ4v) is 3.22. The molecule has 1 atom stereocenters. The highest BCUT2D eigenvalue weighted by molar-refractivity contribution is 5.74. The lowest BCUT2D eigenvalue weighted by atomic mass is 9.96. The molecule has 132 valence electrons.